The molecule has 4 rings (SSSR count). The van der Waals surface area contributed by atoms with Gasteiger partial charge in [0.2, 0.25) is 0 Å². The molecule has 2 aliphatic rings. The van der Waals surface area contributed by atoms with E-state index in [1.54, 1.807) is 0 Å². The standard InChI is InChI=1S/C24H25BrN2O3/c1-30-24(29)20-21(26-18-8-4-2-5-9-18)23(28)27(19-10-6-3-7-11-19)22(20)16-12-14-17(25)15-13-16/h2,4-5,8-9,12-15,19,22,26H,3,6-7,10-11H2,1H3. The van der Waals surface area contributed by atoms with Crippen LogP contribution in [0.5, 0.6) is 0 Å². The molecule has 0 bridgehead atoms. The van der Waals surface area contributed by atoms with Crippen LogP contribution in [-0.4, -0.2) is 29.9 Å². The van der Waals surface area contributed by atoms with Crippen LogP contribution in [0.3, 0.4) is 0 Å². The van der Waals surface area contributed by atoms with E-state index in [2.05, 4.69) is 21.2 Å². The molecule has 156 valence electrons. The molecule has 1 saturated carbocycles. The lowest BCUT2D eigenvalue weighted by molar-refractivity contribution is -0.136. The SMILES string of the molecule is COC(=O)C1=C(Nc2ccccc2)C(=O)N(C2CCCCC2)C1c1ccc(Br)cc1. The summed E-state index contributed by atoms with van der Waals surface area (Å²) in [5, 5.41) is 3.21. The number of para-hydroxylation sites is 1. The van der Waals surface area contributed by atoms with Crippen molar-refractivity contribution >= 4 is 33.5 Å². The van der Waals surface area contributed by atoms with Crippen LogP contribution in [0.1, 0.15) is 43.7 Å². The monoisotopic (exact) mass is 468 g/mol. The molecule has 6 heteroatoms. The van der Waals surface area contributed by atoms with E-state index >= 15 is 0 Å². The zero-order chi connectivity index (χ0) is 21.1. The van der Waals surface area contributed by atoms with Crippen LogP contribution in [0.2, 0.25) is 0 Å². The fourth-order valence-electron chi connectivity index (χ4n) is 4.46. The molecule has 1 atom stereocenters. The average molecular weight is 469 g/mol. The van der Waals surface area contributed by atoms with Gasteiger partial charge in [-0.15, -0.1) is 0 Å². The summed E-state index contributed by atoms with van der Waals surface area (Å²) in [6.07, 6.45) is 5.28. The van der Waals surface area contributed by atoms with Gasteiger partial charge in [-0.05, 0) is 42.7 Å². The number of halogens is 1. The zero-order valence-corrected chi connectivity index (χ0v) is 18.5. The molecule has 0 saturated heterocycles. The Bertz CT molecular complexity index is 950. The summed E-state index contributed by atoms with van der Waals surface area (Å²) in [6, 6.07) is 16.9. The Morgan fingerprint density at radius 3 is 2.33 bits per heavy atom. The van der Waals surface area contributed by atoms with Crippen molar-refractivity contribution in [1.29, 1.82) is 0 Å². The topological polar surface area (TPSA) is 58.6 Å². The minimum Gasteiger partial charge on any atom is -0.466 e. The number of anilines is 1. The molecule has 0 spiro atoms. The maximum Gasteiger partial charge on any atom is 0.338 e. The molecule has 2 aromatic carbocycles. The van der Waals surface area contributed by atoms with Crippen LogP contribution < -0.4 is 5.32 Å². The van der Waals surface area contributed by atoms with Gasteiger partial charge in [0, 0.05) is 16.2 Å². The second-order valence-corrected chi connectivity index (χ2v) is 8.65. The summed E-state index contributed by atoms with van der Waals surface area (Å²) in [5.74, 6) is -0.618. The summed E-state index contributed by atoms with van der Waals surface area (Å²) in [4.78, 5) is 28.5. The number of esters is 1. The third kappa shape index (κ3) is 4.01. The fraction of sp³-hybridized carbons (Fsp3) is 0.333. The first-order chi connectivity index (χ1) is 14.6. The lowest BCUT2D eigenvalue weighted by atomic mass is 9.91. The van der Waals surface area contributed by atoms with Crippen molar-refractivity contribution in [1.82, 2.24) is 4.90 Å². The van der Waals surface area contributed by atoms with Gasteiger partial charge < -0.3 is 15.0 Å². The molecular formula is C24H25BrN2O3. The first-order valence-corrected chi connectivity index (χ1v) is 11.1. The first kappa shape index (κ1) is 20.7. The van der Waals surface area contributed by atoms with Gasteiger partial charge in [-0.1, -0.05) is 65.5 Å². The predicted octanol–water partition coefficient (Wildman–Crippen LogP) is 5.20. The van der Waals surface area contributed by atoms with Crippen LogP contribution in [-0.2, 0) is 14.3 Å². The van der Waals surface area contributed by atoms with E-state index in [1.165, 1.54) is 13.5 Å². The van der Waals surface area contributed by atoms with Gasteiger partial charge in [0.1, 0.15) is 5.70 Å². The first-order valence-electron chi connectivity index (χ1n) is 10.3. The van der Waals surface area contributed by atoms with Crippen molar-refractivity contribution in [3.05, 3.63) is 75.9 Å². The Balaban J connectivity index is 1.83. The number of hydrogen-bond acceptors (Lipinski definition) is 4. The number of benzene rings is 2. The number of nitrogens with one attached hydrogen (secondary N) is 1. The number of ether oxygens (including phenoxy) is 1. The van der Waals surface area contributed by atoms with Crippen molar-refractivity contribution in [2.24, 2.45) is 0 Å². The van der Waals surface area contributed by atoms with Crippen molar-refractivity contribution in [3.8, 4) is 0 Å². The van der Waals surface area contributed by atoms with Crippen LogP contribution in [0.4, 0.5) is 5.69 Å². The number of rotatable bonds is 5. The van der Waals surface area contributed by atoms with E-state index in [9.17, 15) is 9.59 Å². The molecule has 1 amide bonds. The van der Waals surface area contributed by atoms with Gasteiger partial charge in [-0.3, -0.25) is 4.79 Å². The minimum atomic E-state index is -0.479. The molecular weight excluding hydrogens is 444 g/mol. The summed E-state index contributed by atoms with van der Waals surface area (Å²) >= 11 is 3.47. The largest absolute Gasteiger partial charge is 0.466 e. The Kier molecular flexibility index (Phi) is 6.23. The van der Waals surface area contributed by atoms with Gasteiger partial charge in [0.05, 0.1) is 18.7 Å². The van der Waals surface area contributed by atoms with Gasteiger partial charge >= 0.3 is 5.97 Å². The number of carbonyl (C=O) groups excluding carboxylic acids is 2. The number of carbonyl (C=O) groups is 2. The average Bonchev–Trinajstić information content (AvgIpc) is 3.07. The third-order valence-corrected chi connectivity index (χ3v) is 6.40. The summed E-state index contributed by atoms with van der Waals surface area (Å²) in [7, 11) is 1.36. The van der Waals surface area contributed by atoms with Crippen LogP contribution in [0.15, 0.2) is 70.3 Å². The Labute approximate surface area is 185 Å². The molecule has 1 N–H and O–H groups in total. The lowest BCUT2D eigenvalue weighted by Crippen LogP contribution is -2.41. The maximum atomic E-state index is 13.7. The molecule has 1 fully saturated rings. The van der Waals surface area contributed by atoms with Crippen molar-refractivity contribution < 1.29 is 14.3 Å². The van der Waals surface area contributed by atoms with E-state index in [4.69, 9.17) is 4.74 Å². The highest BCUT2D eigenvalue weighted by Crippen LogP contribution is 2.43. The number of nitrogens with zero attached hydrogens (tertiary/aromatic N) is 1. The normalized spacial score (nSPS) is 19.9. The molecule has 2 aromatic rings. The Morgan fingerprint density at radius 2 is 1.70 bits per heavy atom. The van der Waals surface area contributed by atoms with Crippen molar-refractivity contribution in [3.63, 3.8) is 0 Å². The van der Waals surface area contributed by atoms with Gasteiger partial charge in [-0.25, -0.2) is 4.79 Å². The third-order valence-electron chi connectivity index (χ3n) is 5.87. The summed E-state index contributed by atoms with van der Waals surface area (Å²) in [5.41, 5.74) is 2.36. The van der Waals surface area contributed by atoms with Crippen molar-refractivity contribution in [2.75, 3.05) is 12.4 Å². The minimum absolute atomic E-state index is 0.106. The predicted molar refractivity (Wildman–Crippen MR) is 120 cm³/mol. The van der Waals surface area contributed by atoms with Crippen LogP contribution in [0.25, 0.3) is 0 Å². The molecule has 30 heavy (non-hydrogen) atoms. The molecule has 0 aromatic heterocycles. The quantitative estimate of drug-likeness (QED) is 0.612. The van der Waals surface area contributed by atoms with E-state index in [0.29, 0.717) is 11.3 Å². The smallest absolute Gasteiger partial charge is 0.338 e. The van der Waals surface area contributed by atoms with Crippen LogP contribution in [0, 0.1) is 0 Å². The highest BCUT2D eigenvalue weighted by molar-refractivity contribution is 9.10. The second-order valence-electron chi connectivity index (χ2n) is 7.73. The highest BCUT2D eigenvalue weighted by Gasteiger charge is 2.47. The highest BCUT2D eigenvalue weighted by atomic mass is 79.9. The van der Waals surface area contributed by atoms with E-state index < -0.39 is 12.0 Å². The van der Waals surface area contributed by atoms with Gasteiger partial charge in [-0.2, -0.15) is 0 Å². The molecule has 1 aliphatic carbocycles. The lowest BCUT2D eigenvalue weighted by Gasteiger charge is -2.36. The van der Waals surface area contributed by atoms with Crippen LogP contribution >= 0.6 is 15.9 Å². The van der Waals surface area contributed by atoms with Gasteiger partial charge in [0.25, 0.3) is 5.91 Å². The number of amides is 1. The molecule has 1 heterocycles. The Morgan fingerprint density at radius 1 is 1.03 bits per heavy atom. The van der Waals surface area contributed by atoms with Crippen molar-refractivity contribution in [2.45, 2.75) is 44.2 Å². The van der Waals surface area contributed by atoms with Gasteiger partial charge in [0.15, 0.2) is 0 Å². The Hall–Kier alpha value is -2.60. The van der Waals surface area contributed by atoms with E-state index in [-0.39, 0.29) is 11.9 Å². The zero-order valence-electron chi connectivity index (χ0n) is 16.9. The van der Waals surface area contributed by atoms with E-state index in [0.717, 1.165) is 41.4 Å². The molecule has 0 radical (unpaired) electrons. The maximum absolute atomic E-state index is 13.7. The summed E-state index contributed by atoms with van der Waals surface area (Å²) < 4.78 is 6.09. The molecule has 5 nitrogen and oxygen atoms in total. The molecule has 1 aliphatic heterocycles. The summed E-state index contributed by atoms with van der Waals surface area (Å²) in [6.45, 7) is 0. The number of methoxy groups -OCH3 is 1. The van der Waals surface area contributed by atoms with E-state index in [1.807, 2.05) is 59.5 Å². The number of hydrogen-bond donors (Lipinski definition) is 1. The fourth-order valence-corrected chi connectivity index (χ4v) is 4.72. The second kappa shape index (κ2) is 9.04. The molecule has 1 unspecified atom stereocenters.